The maximum atomic E-state index is 10.2. The van der Waals surface area contributed by atoms with Crippen LogP contribution in [0.4, 0.5) is 4.53 Å². The average Bonchev–Trinajstić information content (AvgIpc) is 1.35. The fourth-order valence-corrected chi connectivity index (χ4v) is 0. The minimum absolute atomic E-state index is 1.97. The van der Waals surface area contributed by atoms with Crippen LogP contribution in [0, 0.1) is 0 Å². The summed E-state index contributed by atoms with van der Waals surface area (Å²) in [7, 11) is -4.83. The van der Waals surface area contributed by atoms with Gasteiger partial charge in [-0.15, -0.1) is 0 Å². The zero-order chi connectivity index (χ0) is 5.21. The quantitative estimate of drug-likeness (QED) is 0.477. The van der Waals surface area contributed by atoms with Crippen molar-refractivity contribution in [3.05, 3.63) is 0 Å². The Kier molecular flexibility index (Phi) is 1.45. The molecule has 0 aliphatic rings. The van der Waals surface area contributed by atoms with Crippen molar-refractivity contribution in [2.75, 3.05) is 0 Å². The van der Waals surface area contributed by atoms with E-state index in [2.05, 4.69) is 0 Å². The van der Waals surface area contributed by atoms with Crippen LogP contribution in [0.1, 0.15) is 0 Å². The van der Waals surface area contributed by atoms with Crippen LogP contribution < -0.4 is 0 Å². The Balaban J connectivity index is 3.85. The van der Waals surface area contributed by atoms with Gasteiger partial charge in [0, 0.05) is 0 Å². The van der Waals surface area contributed by atoms with Crippen molar-refractivity contribution in [3.8, 4) is 0 Å². The first-order valence-corrected chi connectivity index (χ1v) is 2.20. The predicted molar refractivity (Wildman–Crippen MR) is 13.7 cm³/mol. The zero-order valence-corrected chi connectivity index (χ0v) is 3.27. The monoisotopic (exact) mass is 116 g/mol. The standard InChI is InChI=1S/FHO4S/c1-5-6(2,3)4/h(H,2,3,4). The average molecular weight is 116 g/mol. The first-order valence-electron chi connectivity index (χ1n) is 0.837. The molecule has 38 valence electrons. The van der Waals surface area contributed by atoms with Gasteiger partial charge in [-0.2, -0.15) is 8.42 Å². The molecule has 0 aromatic carbocycles. The summed E-state index contributed by atoms with van der Waals surface area (Å²) in [5.41, 5.74) is 0. The molecule has 0 bridgehead atoms. The Morgan fingerprint density at radius 2 is 1.83 bits per heavy atom. The molecule has 0 spiro atoms. The smallest absolute Gasteiger partial charge is 0.262 e. The molecule has 6 heteroatoms. The van der Waals surface area contributed by atoms with Gasteiger partial charge in [0.1, 0.15) is 0 Å². The summed E-state index contributed by atoms with van der Waals surface area (Å²) in [5.74, 6) is 0. The van der Waals surface area contributed by atoms with Crippen LogP contribution in [0.15, 0.2) is 0 Å². The molecular weight excluding hydrogens is 115 g/mol. The van der Waals surface area contributed by atoms with Crippen molar-refractivity contribution in [2.45, 2.75) is 0 Å². The van der Waals surface area contributed by atoms with Crippen molar-refractivity contribution in [2.24, 2.45) is 0 Å². The lowest BCUT2D eigenvalue weighted by Crippen LogP contribution is -1.93. The molecular formula is HFO4S. The second kappa shape index (κ2) is 1.50. The minimum atomic E-state index is -4.83. The Morgan fingerprint density at radius 1 is 1.67 bits per heavy atom. The van der Waals surface area contributed by atoms with Crippen molar-refractivity contribution in [1.82, 2.24) is 0 Å². The topological polar surface area (TPSA) is 63.6 Å². The molecule has 0 aliphatic heterocycles. The highest BCUT2D eigenvalue weighted by atomic mass is 32.3. The lowest BCUT2D eigenvalue weighted by molar-refractivity contribution is -0.0113. The van der Waals surface area contributed by atoms with Crippen LogP contribution in [0.2, 0.25) is 0 Å². The van der Waals surface area contributed by atoms with Gasteiger partial charge in [-0.3, -0.25) is 4.55 Å². The molecule has 0 aromatic heterocycles. The molecule has 0 aromatic rings. The Morgan fingerprint density at radius 3 is 1.83 bits per heavy atom. The van der Waals surface area contributed by atoms with Gasteiger partial charge >= 0.3 is 10.4 Å². The van der Waals surface area contributed by atoms with Gasteiger partial charge < -0.3 is 0 Å². The molecule has 0 radical (unpaired) electrons. The SMILES string of the molecule is O=S(=O)(O)OF. The van der Waals surface area contributed by atoms with Crippen LogP contribution in [-0.4, -0.2) is 13.0 Å². The van der Waals surface area contributed by atoms with E-state index in [4.69, 9.17) is 13.0 Å². The summed E-state index contributed by atoms with van der Waals surface area (Å²) in [4.78, 5) is 0. The molecule has 1 N–H and O–H groups in total. The Hall–Kier alpha value is -0.200. The third-order valence-electron chi connectivity index (χ3n) is 0.0796. The molecule has 6 heavy (non-hydrogen) atoms. The Labute approximate surface area is 33.4 Å². The van der Waals surface area contributed by atoms with Gasteiger partial charge in [-0.1, -0.05) is 0 Å². The van der Waals surface area contributed by atoms with Gasteiger partial charge in [0.2, 0.25) is 0 Å². The van der Waals surface area contributed by atoms with Crippen molar-refractivity contribution in [3.63, 3.8) is 0 Å². The van der Waals surface area contributed by atoms with Crippen molar-refractivity contribution in [1.29, 1.82) is 0 Å². The Bertz CT molecular complexity index is 110. The number of halogens is 1. The molecule has 0 atom stereocenters. The minimum Gasteiger partial charge on any atom is -0.262 e. The first kappa shape index (κ1) is 5.80. The van der Waals surface area contributed by atoms with E-state index < -0.39 is 10.4 Å². The van der Waals surface area contributed by atoms with E-state index in [0.717, 1.165) is 0 Å². The molecule has 4 nitrogen and oxygen atoms in total. The molecule has 0 heterocycles. The van der Waals surface area contributed by atoms with Gasteiger partial charge in [-0.25, -0.2) is 0 Å². The third-order valence-corrected chi connectivity index (χ3v) is 0.239. The normalized spacial score (nSPS) is 11.7. The van der Waals surface area contributed by atoms with Crippen LogP contribution in [0.5, 0.6) is 0 Å². The number of hydrogen-bond acceptors (Lipinski definition) is 3. The van der Waals surface area contributed by atoms with E-state index in [1.54, 1.807) is 0 Å². The van der Waals surface area contributed by atoms with Crippen LogP contribution in [0.25, 0.3) is 0 Å². The summed E-state index contributed by atoms with van der Waals surface area (Å²) >= 11 is 0. The molecule has 0 saturated carbocycles. The lowest BCUT2D eigenvalue weighted by atomic mass is 15.6. The second-order valence-electron chi connectivity index (χ2n) is 0.491. The fraction of sp³-hybridized carbons (Fsp3) is 0. The first-order chi connectivity index (χ1) is 2.56. The van der Waals surface area contributed by atoms with Gasteiger partial charge in [0.15, 0.2) is 0 Å². The van der Waals surface area contributed by atoms with E-state index in [-0.39, 0.29) is 0 Å². The van der Waals surface area contributed by atoms with E-state index in [9.17, 15) is 4.53 Å². The molecule has 0 unspecified atom stereocenters. The molecule has 0 amide bonds. The van der Waals surface area contributed by atoms with Crippen molar-refractivity contribution < 1.29 is 21.9 Å². The number of hydrogen-bond donors (Lipinski definition) is 1. The number of rotatable bonds is 1. The van der Waals surface area contributed by atoms with Crippen LogP contribution >= 0.6 is 0 Å². The highest BCUT2D eigenvalue weighted by molar-refractivity contribution is 7.80. The van der Waals surface area contributed by atoms with Crippen molar-refractivity contribution >= 4 is 10.4 Å². The zero-order valence-electron chi connectivity index (χ0n) is 2.46. The largest absolute Gasteiger partial charge is 0.428 e. The summed E-state index contributed by atoms with van der Waals surface area (Å²) in [6.07, 6.45) is 0. The van der Waals surface area contributed by atoms with Gasteiger partial charge in [0.25, 0.3) is 0 Å². The summed E-state index contributed by atoms with van der Waals surface area (Å²) in [5, 5.41) is 0. The molecule has 0 aliphatic carbocycles. The van der Waals surface area contributed by atoms with Crippen LogP contribution in [0.3, 0.4) is 0 Å². The molecule has 0 saturated heterocycles. The fourth-order valence-electron chi connectivity index (χ4n) is 0. The highest BCUT2D eigenvalue weighted by Crippen LogP contribution is 1.81. The predicted octanol–water partition coefficient (Wildman–Crippen LogP) is -0.310. The maximum Gasteiger partial charge on any atom is 0.428 e. The summed E-state index contributed by atoms with van der Waals surface area (Å²) < 4.78 is 37.2. The summed E-state index contributed by atoms with van der Waals surface area (Å²) in [6, 6.07) is 0. The van der Waals surface area contributed by atoms with Crippen LogP contribution in [-0.2, 0) is 14.8 Å². The van der Waals surface area contributed by atoms with Gasteiger partial charge in [0.05, 0.1) is 0 Å². The lowest BCUT2D eigenvalue weighted by Gasteiger charge is -1.75. The van der Waals surface area contributed by atoms with Gasteiger partial charge in [-0.05, 0) is 8.91 Å². The van der Waals surface area contributed by atoms with E-state index >= 15 is 0 Å². The highest BCUT2D eigenvalue weighted by Gasteiger charge is 1.99. The molecule has 0 fully saturated rings. The summed E-state index contributed by atoms with van der Waals surface area (Å²) in [6.45, 7) is 0. The third kappa shape index (κ3) is 3.80. The maximum absolute atomic E-state index is 10.2. The van der Waals surface area contributed by atoms with E-state index in [1.165, 1.54) is 0 Å². The van der Waals surface area contributed by atoms with E-state index in [1.807, 2.05) is 4.39 Å². The second-order valence-corrected chi connectivity index (χ2v) is 1.47. The molecule has 0 rings (SSSR count). The van der Waals surface area contributed by atoms with E-state index in [0.29, 0.717) is 0 Å².